The first kappa shape index (κ1) is 28.3. The second kappa shape index (κ2) is 13.9. The number of piperidine rings is 1. The third-order valence-corrected chi connectivity index (χ3v) is 21.7. The predicted molar refractivity (Wildman–Crippen MR) is 141 cm³/mol. The molecule has 6 nitrogen and oxygen atoms in total. The molecule has 0 unspecified atom stereocenters. The van der Waals surface area contributed by atoms with Gasteiger partial charge in [0, 0.05) is 0 Å². The number of hydrogen-bond donors (Lipinski definition) is 1. The van der Waals surface area contributed by atoms with E-state index in [2.05, 4.69) is 32.3 Å². The molecule has 1 saturated heterocycles. The fourth-order valence-corrected chi connectivity index (χ4v) is 20.0. The zero-order chi connectivity index (χ0) is 24.3. The summed E-state index contributed by atoms with van der Waals surface area (Å²) in [5.41, 5.74) is -0.542. The summed E-state index contributed by atoms with van der Waals surface area (Å²) in [6.45, 7) is 14.5. The van der Waals surface area contributed by atoms with Crippen LogP contribution in [0.5, 0.6) is 0 Å². The Morgan fingerprint density at radius 2 is 1.58 bits per heavy atom. The fourth-order valence-electron chi connectivity index (χ4n) is 4.84. The number of aromatic nitrogens is 2. The zero-order valence-corrected chi connectivity index (χ0v) is 24.9. The van der Waals surface area contributed by atoms with Crippen LogP contribution in [0.3, 0.4) is 0 Å². The van der Waals surface area contributed by atoms with Crippen LogP contribution in [0.15, 0.2) is 12.4 Å². The van der Waals surface area contributed by atoms with E-state index < -0.39 is 24.0 Å². The Bertz CT molecular complexity index is 695. The molecule has 1 aliphatic heterocycles. The Morgan fingerprint density at radius 3 is 2.06 bits per heavy atom. The van der Waals surface area contributed by atoms with Crippen LogP contribution in [0.2, 0.25) is 13.3 Å². The van der Waals surface area contributed by atoms with Crippen molar-refractivity contribution in [3.05, 3.63) is 12.4 Å². The molecule has 1 fully saturated rings. The van der Waals surface area contributed by atoms with Gasteiger partial charge in [-0.3, -0.25) is 0 Å². The van der Waals surface area contributed by atoms with Gasteiger partial charge in [0.2, 0.25) is 0 Å². The molecule has 1 amide bonds. The molecular weight excluding hydrogens is 519 g/mol. The summed E-state index contributed by atoms with van der Waals surface area (Å²) in [5.74, 6) is 0.694. The van der Waals surface area contributed by atoms with Crippen molar-refractivity contribution in [3.63, 3.8) is 0 Å². The summed E-state index contributed by atoms with van der Waals surface area (Å²) < 4.78 is 11.1. The van der Waals surface area contributed by atoms with Crippen LogP contribution < -0.4 is 13.9 Å². The van der Waals surface area contributed by atoms with Crippen LogP contribution in [0.1, 0.15) is 92.9 Å². The minimum atomic E-state index is -2.75. The molecule has 0 spiro atoms. The average Bonchev–Trinajstić information content (AvgIpc) is 2.79. The maximum absolute atomic E-state index is 13.4. The number of carbonyl (C=O) groups excluding carboxylic acids is 1. The maximum atomic E-state index is 13.4. The molecule has 1 aromatic rings. The van der Waals surface area contributed by atoms with Crippen molar-refractivity contribution in [2.45, 2.75) is 118 Å². The van der Waals surface area contributed by atoms with E-state index in [0.29, 0.717) is 5.82 Å². The standard InChI is InChI=1S/C14H21N4O2.3C4H9.Sn/c1-14(2,3)20-13(19)18(11-4-6-15-7-5-11)12-10-16-8-9-17-12;3*1-3-4-2;/h8,10-11,15H,4-7H2,1-3H3;3*1,3-4H2,2H3;. The summed E-state index contributed by atoms with van der Waals surface area (Å²) in [6.07, 6.45) is 12.9. The first-order chi connectivity index (χ1) is 15.8. The first-order valence-corrected chi connectivity index (χ1v) is 20.8. The molecule has 1 aliphatic rings. The van der Waals surface area contributed by atoms with Crippen LogP contribution in [-0.4, -0.2) is 59.2 Å². The van der Waals surface area contributed by atoms with Gasteiger partial charge in [-0.2, -0.15) is 0 Å². The van der Waals surface area contributed by atoms with Gasteiger partial charge in [-0.15, -0.1) is 0 Å². The molecule has 7 heteroatoms. The first-order valence-electron chi connectivity index (χ1n) is 13.3. The Kier molecular flexibility index (Phi) is 11.9. The van der Waals surface area contributed by atoms with Gasteiger partial charge < -0.3 is 0 Å². The molecular formula is C26H48N4O2Sn. The molecule has 0 aliphatic carbocycles. The van der Waals surface area contributed by atoms with Crippen molar-refractivity contribution >= 4 is 34.0 Å². The molecule has 1 aromatic heterocycles. The number of ether oxygens (including phenoxy) is 1. The molecule has 2 rings (SSSR count). The monoisotopic (exact) mass is 568 g/mol. The number of anilines is 1. The van der Waals surface area contributed by atoms with E-state index in [1.807, 2.05) is 25.7 Å². The quantitative estimate of drug-likeness (QED) is 0.313. The van der Waals surface area contributed by atoms with E-state index in [4.69, 9.17) is 14.7 Å². The van der Waals surface area contributed by atoms with Crippen LogP contribution in [0, 0.1) is 0 Å². The third kappa shape index (κ3) is 8.68. The Hall–Kier alpha value is -0.891. The Labute approximate surface area is 206 Å². The van der Waals surface area contributed by atoms with Crippen LogP contribution in [0.25, 0.3) is 0 Å². The summed E-state index contributed by atoms with van der Waals surface area (Å²) in [7, 11) is 0. The third-order valence-electron chi connectivity index (χ3n) is 6.70. The Balaban J connectivity index is 2.48. The summed E-state index contributed by atoms with van der Waals surface area (Å²) in [5, 5.41) is 3.41. The predicted octanol–water partition coefficient (Wildman–Crippen LogP) is 6.03. The SMILES string of the molecule is CCC[CH2][Sn]([CH2]CCC)([CH2]CCC)[c]1cncc(N(C(=O)OC(C)(C)C)C2CCNCC2)n1. The van der Waals surface area contributed by atoms with Gasteiger partial charge in [0.1, 0.15) is 0 Å². The molecule has 0 atom stereocenters. The van der Waals surface area contributed by atoms with Crippen LogP contribution in [-0.2, 0) is 4.74 Å². The normalized spacial score (nSPS) is 15.5. The number of rotatable bonds is 12. The zero-order valence-electron chi connectivity index (χ0n) is 22.1. The molecule has 188 valence electrons. The van der Waals surface area contributed by atoms with Gasteiger partial charge in [-0.1, -0.05) is 0 Å². The molecule has 0 aromatic carbocycles. The van der Waals surface area contributed by atoms with Crippen molar-refractivity contribution in [2.24, 2.45) is 0 Å². The van der Waals surface area contributed by atoms with Gasteiger partial charge in [0.25, 0.3) is 0 Å². The molecule has 0 radical (unpaired) electrons. The second-order valence-corrected chi connectivity index (χ2v) is 23.7. The summed E-state index contributed by atoms with van der Waals surface area (Å²) >= 11 is -2.75. The van der Waals surface area contributed by atoms with Gasteiger partial charge >= 0.3 is 207 Å². The second-order valence-electron chi connectivity index (χ2n) is 10.7. The van der Waals surface area contributed by atoms with E-state index >= 15 is 0 Å². The van der Waals surface area contributed by atoms with E-state index in [1.165, 1.54) is 55.5 Å². The van der Waals surface area contributed by atoms with Crippen LogP contribution >= 0.6 is 0 Å². The van der Waals surface area contributed by atoms with Crippen molar-refractivity contribution in [2.75, 3.05) is 18.0 Å². The Morgan fingerprint density at radius 1 is 1.03 bits per heavy atom. The van der Waals surface area contributed by atoms with E-state index in [-0.39, 0.29) is 12.1 Å². The van der Waals surface area contributed by atoms with E-state index in [1.54, 1.807) is 6.20 Å². The minimum absolute atomic E-state index is 0.0946. The fraction of sp³-hybridized carbons (Fsp3) is 0.808. The molecule has 0 bridgehead atoms. The number of hydrogen-bond acceptors (Lipinski definition) is 5. The number of amides is 1. The van der Waals surface area contributed by atoms with Crippen LogP contribution in [0.4, 0.5) is 10.6 Å². The topological polar surface area (TPSA) is 67.4 Å². The average molecular weight is 567 g/mol. The van der Waals surface area contributed by atoms with Gasteiger partial charge in [-0.25, -0.2) is 0 Å². The van der Waals surface area contributed by atoms with Crippen molar-refractivity contribution < 1.29 is 9.53 Å². The number of nitrogens with one attached hydrogen (secondary N) is 1. The summed E-state index contributed by atoms with van der Waals surface area (Å²) in [6, 6.07) is 0.0946. The van der Waals surface area contributed by atoms with Crippen molar-refractivity contribution in [1.29, 1.82) is 0 Å². The van der Waals surface area contributed by atoms with Gasteiger partial charge in [0.15, 0.2) is 0 Å². The molecule has 2 heterocycles. The van der Waals surface area contributed by atoms with Crippen molar-refractivity contribution in [3.8, 4) is 0 Å². The van der Waals surface area contributed by atoms with E-state index in [9.17, 15) is 4.79 Å². The number of nitrogens with zero attached hydrogens (tertiary/aromatic N) is 3. The van der Waals surface area contributed by atoms with E-state index in [0.717, 1.165) is 25.9 Å². The summed E-state index contributed by atoms with van der Waals surface area (Å²) in [4.78, 5) is 25.1. The van der Waals surface area contributed by atoms with Gasteiger partial charge in [0.05, 0.1) is 0 Å². The molecule has 1 N–H and O–H groups in total. The van der Waals surface area contributed by atoms with Crippen molar-refractivity contribution in [1.82, 2.24) is 15.3 Å². The molecule has 33 heavy (non-hydrogen) atoms. The number of carbonyl (C=O) groups is 1. The van der Waals surface area contributed by atoms with Gasteiger partial charge in [-0.05, 0) is 0 Å². The molecule has 0 saturated carbocycles. The number of unbranched alkanes of at least 4 members (excludes halogenated alkanes) is 3.